The van der Waals surface area contributed by atoms with Crippen molar-refractivity contribution >= 4 is 39.5 Å². The molecule has 0 saturated heterocycles. The largest absolute Gasteiger partial charge is 0.456 e. The van der Waals surface area contributed by atoms with Gasteiger partial charge >= 0.3 is 0 Å². The number of furan rings is 1. The van der Waals surface area contributed by atoms with E-state index >= 15 is 0 Å². The normalized spacial score (nSPS) is 22.6. The van der Waals surface area contributed by atoms with E-state index in [4.69, 9.17) is 4.42 Å². The molecule has 4 heteroatoms. The molecule has 0 fully saturated rings. The number of nitriles is 1. The van der Waals surface area contributed by atoms with Gasteiger partial charge in [-0.25, -0.2) is 4.99 Å². The Morgan fingerprint density at radius 2 is 1.76 bits per heavy atom. The molecule has 3 aromatic carbocycles. The Labute approximate surface area is 197 Å². The molecule has 0 spiro atoms. The molecule has 3 heterocycles. The van der Waals surface area contributed by atoms with Gasteiger partial charge < -0.3 is 9.32 Å². The highest BCUT2D eigenvalue weighted by Crippen LogP contribution is 2.53. The Bertz CT molecular complexity index is 1630. The van der Waals surface area contributed by atoms with Crippen LogP contribution >= 0.6 is 0 Å². The van der Waals surface area contributed by atoms with Crippen LogP contribution in [0, 0.1) is 11.3 Å². The molecule has 4 nitrogen and oxygen atoms in total. The Kier molecular flexibility index (Phi) is 4.13. The van der Waals surface area contributed by atoms with E-state index in [9.17, 15) is 5.26 Å². The number of benzene rings is 3. The molecule has 3 aliphatic rings. The zero-order valence-corrected chi connectivity index (χ0v) is 18.4. The molecule has 7 rings (SSSR count). The first-order valence-corrected chi connectivity index (χ1v) is 11.7. The van der Waals surface area contributed by atoms with E-state index in [1.807, 2.05) is 24.4 Å². The Balaban J connectivity index is 1.45. The third-order valence-electron chi connectivity index (χ3n) is 7.23. The van der Waals surface area contributed by atoms with Crippen LogP contribution in [-0.2, 0) is 0 Å². The summed E-state index contributed by atoms with van der Waals surface area (Å²) >= 11 is 0. The topological polar surface area (TPSA) is 52.5 Å². The van der Waals surface area contributed by atoms with Crippen molar-refractivity contribution in [3.8, 4) is 6.07 Å². The lowest BCUT2D eigenvalue weighted by atomic mass is 9.88. The van der Waals surface area contributed by atoms with Crippen molar-refractivity contribution in [1.29, 1.82) is 5.26 Å². The number of fused-ring (bicyclic) bond motifs is 7. The van der Waals surface area contributed by atoms with Gasteiger partial charge in [0.2, 0.25) is 0 Å². The lowest BCUT2D eigenvalue weighted by molar-refractivity contribution is 0.668. The fraction of sp³-hybridized carbons (Fsp3) is 0.133. The summed E-state index contributed by atoms with van der Waals surface area (Å²) in [5, 5.41) is 11.6. The summed E-state index contributed by atoms with van der Waals surface area (Å²) in [5.74, 6) is 0.375. The molecule has 1 aliphatic carbocycles. The van der Waals surface area contributed by atoms with Crippen molar-refractivity contribution in [1.82, 2.24) is 0 Å². The number of para-hydroxylation sites is 2. The summed E-state index contributed by atoms with van der Waals surface area (Å²) in [6.07, 6.45) is 13.6. The van der Waals surface area contributed by atoms with Crippen LogP contribution in [0.5, 0.6) is 0 Å². The number of hydrogen-bond acceptors (Lipinski definition) is 4. The lowest BCUT2D eigenvalue weighted by Crippen LogP contribution is -2.29. The fourth-order valence-electron chi connectivity index (χ4n) is 5.76. The summed E-state index contributed by atoms with van der Waals surface area (Å²) in [6.45, 7) is 0. The standard InChI is InChI=1S/C30H21N3O/c31-17-20-14-13-19(18-32-20)21-7-1-4-10-24(21)33-25-11-5-2-8-22(25)29-26(33)15-16-28-30(29)23-9-3-6-12-27(23)34-28/h1-12,14-16,18-19,22,25H,13H2. The van der Waals surface area contributed by atoms with Gasteiger partial charge in [0.15, 0.2) is 0 Å². The third kappa shape index (κ3) is 2.67. The van der Waals surface area contributed by atoms with Crippen molar-refractivity contribution in [3.05, 3.63) is 108 Å². The maximum absolute atomic E-state index is 9.20. The molecule has 3 atom stereocenters. The average Bonchev–Trinajstić information content (AvgIpc) is 3.44. The van der Waals surface area contributed by atoms with E-state index < -0.39 is 0 Å². The minimum Gasteiger partial charge on any atom is -0.456 e. The molecule has 0 amide bonds. The predicted molar refractivity (Wildman–Crippen MR) is 137 cm³/mol. The van der Waals surface area contributed by atoms with E-state index in [2.05, 4.69) is 88.8 Å². The number of allylic oxidation sites excluding steroid dienone is 4. The lowest BCUT2D eigenvalue weighted by Gasteiger charge is -2.32. The second kappa shape index (κ2) is 7.33. The van der Waals surface area contributed by atoms with Crippen LogP contribution in [0.3, 0.4) is 0 Å². The maximum Gasteiger partial charge on any atom is 0.136 e. The first-order chi connectivity index (χ1) is 16.8. The fourth-order valence-corrected chi connectivity index (χ4v) is 5.76. The van der Waals surface area contributed by atoms with E-state index in [1.54, 1.807) is 0 Å². The van der Waals surface area contributed by atoms with Gasteiger partial charge in [-0.15, -0.1) is 0 Å². The van der Waals surface area contributed by atoms with E-state index in [0.717, 1.165) is 17.6 Å². The predicted octanol–water partition coefficient (Wildman–Crippen LogP) is 7.28. The highest BCUT2D eigenvalue weighted by molar-refractivity contribution is 6.10. The Morgan fingerprint density at radius 3 is 2.65 bits per heavy atom. The minimum absolute atomic E-state index is 0.136. The minimum atomic E-state index is 0.136. The van der Waals surface area contributed by atoms with E-state index in [0.29, 0.717) is 5.70 Å². The van der Waals surface area contributed by atoms with Crippen LogP contribution in [0.1, 0.15) is 29.4 Å². The maximum atomic E-state index is 9.20. The molecule has 2 aliphatic heterocycles. The summed E-state index contributed by atoms with van der Waals surface area (Å²) in [5.41, 5.74) is 7.32. The first-order valence-electron chi connectivity index (χ1n) is 11.7. The van der Waals surface area contributed by atoms with E-state index in [1.165, 1.54) is 33.3 Å². The van der Waals surface area contributed by atoms with Crippen LogP contribution in [0.2, 0.25) is 0 Å². The quantitative estimate of drug-likeness (QED) is 0.330. The summed E-state index contributed by atoms with van der Waals surface area (Å²) in [7, 11) is 0. The molecule has 0 bridgehead atoms. The molecule has 3 unspecified atom stereocenters. The van der Waals surface area contributed by atoms with Gasteiger partial charge in [-0.05, 0) is 47.9 Å². The third-order valence-corrected chi connectivity index (χ3v) is 7.23. The molecular weight excluding hydrogens is 418 g/mol. The molecule has 1 aromatic heterocycles. The highest BCUT2D eigenvalue weighted by Gasteiger charge is 2.40. The molecule has 34 heavy (non-hydrogen) atoms. The second-order valence-corrected chi connectivity index (χ2v) is 9.01. The molecule has 0 N–H and O–H groups in total. The molecule has 0 radical (unpaired) electrons. The Hall–Kier alpha value is -4.36. The number of hydrogen-bond donors (Lipinski definition) is 0. The van der Waals surface area contributed by atoms with Crippen molar-refractivity contribution < 1.29 is 4.42 Å². The van der Waals surface area contributed by atoms with Gasteiger partial charge in [0.05, 0.1) is 6.04 Å². The van der Waals surface area contributed by atoms with Crippen molar-refractivity contribution in [2.45, 2.75) is 24.3 Å². The zero-order valence-electron chi connectivity index (χ0n) is 18.4. The van der Waals surface area contributed by atoms with Crippen LogP contribution in [-0.4, -0.2) is 12.3 Å². The van der Waals surface area contributed by atoms with E-state index in [-0.39, 0.29) is 17.9 Å². The van der Waals surface area contributed by atoms with Crippen molar-refractivity contribution in [3.63, 3.8) is 0 Å². The van der Waals surface area contributed by atoms with Gasteiger partial charge in [-0.3, -0.25) is 0 Å². The highest BCUT2D eigenvalue weighted by atomic mass is 16.3. The molecule has 162 valence electrons. The number of rotatable bonds is 2. The van der Waals surface area contributed by atoms with Gasteiger partial charge in [0.1, 0.15) is 22.9 Å². The summed E-state index contributed by atoms with van der Waals surface area (Å²) in [4.78, 5) is 6.87. The SMILES string of the molecule is N#CC1=CCC(c2ccccc2N2c3ccc4oc5ccccc5c4c3C3C=CC=CC32)C=N1. The van der Waals surface area contributed by atoms with Gasteiger partial charge in [-0.2, -0.15) is 5.26 Å². The first kappa shape index (κ1) is 19.1. The second-order valence-electron chi connectivity index (χ2n) is 9.01. The van der Waals surface area contributed by atoms with Gasteiger partial charge in [-0.1, -0.05) is 60.7 Å². The Morgan fingerprint density at radius 1 is 0.912 bits per heavy atom. The summed E-state index contributed by atoms with van der Waals surface area (Å²) < 4.78 is 6.23. The van der Waals surface area contributed by atoms with Crippen molar-refractivity contribution in [2.24, 2.45) is 4.99 Å². The van der Waals surface area contributed by atoms with Crippen molar-refractivity contribution in [2.75, 3.05) is 4.90 Å². The smallest absolute Gasteiger partial charge is 0.136 e. The van der Waals surface area contributed by atoms with Crippen LogP contribution < -0.4 is 4.90 Å². The average molecular weight is 440 g/mol. The van der Waals surface area contributed by atoms with Gasteiger partial charge in [0, 0.05) is 40.2 Å². The summed E-state index contributed by atoms with van der Waals surface area (Å²) in [6, 6.07) is 23.6. The van der Waals surface area contributed by atoms with Crippen LogP contribution in [0.15, 0.2) is 106 Å². The number of nitrogens with zero attached hydrogens (tertiary/aromatic N) is 3. The molecular formula is C30H21N3O. The van der Waals surface area contributed by atoms with Crippen LogP contribution in [0.25, 0.3) is 21.9 Å². The van der Waals surface area contributed by atoms with Gasteiger partial charge in [0.25, 0.3) is 0 Å². The monoisotopic (exact) mass is 439 g/mol. The number of aliphatic imine (C=N–C) groups is 1. The number of anilines is 2. The zero-order chi connectivity index (χ0) is 22.6. The van der Waals surface area contributed by atoms with Crippen LogP contribution in [0.4, 0.5) is 11.4 Å². The molecule has 0 saturated carbocycles. The molecule has 4 aromatic rings.